The van der Waals surface area contributed by atoms with Crippen LogP contribution in [-0.4, -0.2) is 16.1 Å². The lowest BCUT2D eigenvalue weighted by Crippen LogP contribution is -2.06. The fraction of sp³-hybridized carbons (Fsp3) is 0.263. The van der Waals surface area contributed by atoms with Crippen LogP contribution in [-0.2, 0) is 24.1 Å². The van der Waals surface area contributed by atoms with E-state index in [9.17, 15) is 9.90 Å². The minimum absolute atomic E-state index is 0.0175. The largest absolute Gasteiger partial charge is 0.481 e. The Morgan fingerprint density at radius 2 is 2.04 bits per heavy atom. The Hall–Kier alpha value is -2.20. The summed E-state index contributed by atoms with van der Waals surface area (Å²) in [5, 5.41) is 10.5. The van der Waals surface area contributed by atoms with Crippen LogP contribution in [0.5, 0.6) is 0 Å². The lowest BCUT2D eigenvalue weighted by atomic mass is 9.92. The number of carboxylic acid groups (broad SMARTS) is 1. The molecule has 0 atom stereocenters. The molecule has 3 aromatic rings. The van der Waals surface area contributed by atoms with Gasteiger partial charge in [0.25, 0.3) is 0 Å². The zero-order chi connectivity index (χ0) is 16.0. The highest BCUT2D eigenvalue weighted by Crippen LogP contribution is 2.43. The second-order valence-electron chi connectivity index (χ2n) is 6.02. The molecule has 1 N–H and O–H groups in total. The number of hydrogen-bond acceptors (Lipinski definition) is 3. The molecular weight excluding hydrogens is 306 g/mol. The van der Waals surface area contributed by atoms with Crippen LogP contribution in [0.1, 0.15) is 28.1 Å². The first-order chi connectivity index (χ1) is 11.1. The van der Waals surface area contributed by atoms with Crippen molar-refractivity contribution in [3.05, 3.63) is 52.0 Å². The van der Waals surface area contributed by atoms with Crippen LogP contribution < -0.4 is 0 Å². The maximum Gasteiger partial charge on any atom is 0.307 e. The van der Waals surface area contributed by atoms with Gasteiger partial charge < -0.3 is 5.11 Å². The van der Waals surface area contributed by atoms with E-state index in [2.05, 4.69) is 12.1 Å². The number of thiophene rings is 1. The topological polar surface area (TPSA) is 50.2 Å². The summed E-state index contributed by atoms with van der Waals surface area (Å²) < 4.78 is 0. The van der Waals surface area contributed by atoms with Crippen molar-refractivity contribution in [1.29, 1.82) is 0 Å². The number of hydrogen-bond donors (Lipinski definition) is 1. The minimum Gasteiger partial charge on any atom is -0.481 e. The Labute approximate surface area is 138 Å². The van der Waals surface area contributed by atoms with Crippen LogP contribution in [0.15, 0.2) is 30.3 Å². The summed E-state index contributed by atoms with van der Waals surface area (Å²) in [6.45, 7) is 1.93. The number of aryl methyl sites for hydroxylation is 3. The van der Waals surface area contributed by atoms with E-state index in [0.717, 1.165) is 40.1 Å². The van der Waals surface area contributed by atoms with E-state index in [4.69, 9.17) is 4.98 Å². The Morgan fingerprint density at radius 1 is 1.26 bits per heavy atom. The highest BCUT2D eigenvalue weighted by molar-refractivity contribution is 7.19. The van der Waals surface area contributed by atoms with Crippen LogP contribution in [0.3, 0.4) is 0 Å². The molecule has 2 heterocycles. The average molecular weight is 323 g/mol. The molecule has 1 aliphatic rings. The summed E-state index contributed by atoms with van der Waals surface area (Å²) in [6.07, 6.45) is 3.40. The van der Waals surface area contributed by atoms with E-state index in [-0.39, 0.29) is 6.42 Å². The van der Waals surface area contributed by atoms with Gasteiger partial charge in [0.05, 0.1) is 6.42 Å². The Morgan fingerprint density at radius 3 is 2.78 bits per heavy atom. The normalized spacial score (nSPS) is 13.4. The van der Waals surface area contributed by atoms with Gasteiger partial charge in [-0.15, -0.1) is 11.3 Å². The monoisotopic (exact) mass is 323 g/mol. The second-order valence-corrected chi connectivity index (χ2v) is 7.11. The van der Waals surface area contributed by atoms with E-state index >= 15 is 0 Å². The van der Waals surface area contributed by atoms with Gasteiger partial charge in [0.1, 0.15) is 4.83 Å². The maximum atomic E-state index is 11.4. The van der Waals surface area contributed by atoms with Gasteiger partial charge >= 0.3 is 5.97 Å². The Bertz CT molecular complexity index is 912. The van der Waals surface area contributed by atoms with Gasteiger partial charge in [-0.05, 0) is 48.4 Å². The molecule has 1 aliphatic carbocycles. The molecule has 0 bridgehead atoms. The quantitative estimate of drug-likeness (QED) is 0.778. The molecule has 0 saturated carbocycles. The molecule has 0 amide bonds. The molecule has 3 nitrogen and oxygen atoms in total. The van der Waals surface area contributed by atoms with Gasteiger partial charge in [-0.1, -0.05) is 30.3 Å². The summed E-state index contributed by atoms with van der Waals surface area (Å²) in [4.78, 5) is 18.6. The van der Waals surface area contributed by atoms with Gasteiger partial charge in [-0.25, -0.2) is 4.98 Å². The van der Waals surface area contributed by atoms with Crippen molar-refractivity contribution in [3.8, 4) is 11.1 Å². The first-order valence-corrected chi connectivity index (χ1v) is 8.67. The third-order valence-corrected chi connectivity index (χ3v) is 5.74. The zero-order valence-corrected chi connectivity index (χ0v) is 13.7. The number of fused-ring (bicyclic) bond motifs is 3. The van der Waals surface area contributed by atoms with Crippen molar-refractivity contribution in [3.63, 3.8) is 0 Å². The lowest BCUT2D eigenvalue weighted by Gasteiger charge is -2.14. The van der Waals surface area contributed by atoms with E-state index in [0.29, 0.717) is 0 Å². The van der Waals surface area contributed by atoms with E-state index in [1.807, 2.05) is 25.1 Å². The molecular formula is C19H17NO2S. The molecule has 0 saturated heterocycles. The predicted molar refractivity (Wildman–Crippen MR) is 93.2 cm³/mol. The number of aliphatic carboxylic acids is 1. The number of pyridine rings is 1. The fourth-order valence-electron chi connectivity index (χ4n) is 3.57. The summed E-state index contributed by atoms with van der Waals surface area (Å²) in [5.74, 6) is -0.807. The van der Waals surface area contributed by atoms with Crippen molar-refractivity contribution >= 4 is 27.5 Å². The summed E-state index contributed by atoms with van der Waals surface area (Å²) >= 11 is 1.78. The number of nitrogens with zero attached hydrogens (tertiary/aromatic N) is 1. The fourth-order valence-corrected chi connectivity index (χ4v) is 4.89. The van der Waals surface area contributed by atoms with Crippen molar-refractivity contribution in [1.82, 2.24) is 4.98 Å². The molecule has 116 valence electrons. The van der Waals surface area contributed by atoms with E-state index in [1.165, 1.54) is 22.2 Å². The third-order valence-electron chi connectivity index (χ3n) is 4.55. The lowest BCUT2D eigenvalue weighted by molar-refractivity contribution is -0.136. The predicted octanol–water partition coefficient (Wildman–Crippen LogP) is 4.39. The molecule has 0 fully saturated rings. The van der Waals surface area contributed by atoms with Gasteiger partial charge in [0, 0.05) is 16.0 Å². The van der Waals surface area contributed by atoms with Crippen molar-refractivity contribution in [2.75, 3.05) is 0 Å². The average Bonchev–Trinajstić information content (AvgIpc) is 3.09. The van der Waals surface area contributed by atoms with Crippen molar-refractivity contribution < 1.29 is 9.90 Å². The van der Waals surface area contributed by atoms with Gasteiger partial charge in [-0.3, -0.25) is 4.79 Å². The first-order valence-electron chi connectivity index (χ1n) is 7.86. The molecule has 4 rings (SSSR count). The SMILES string of the molecule is Cc1nc2sc3c(c2c(-c2ccccc2)c1CC(=O)O)CCC3. The second kappa shape index (κ2) is 5.46. The zero-order valence-electron chi connectivity index (χ0n) is 12.9. The van der Waals surface area contributed by atoms with E-state index in [1.54, 1.807) is 11.3 Å². The third kappa shape index (κ3) is 2.34. The number of rotatable bonds is 3. The summed E-state index contributed by atoms with van der Waals surface area (Å²) in [7, 11) is 0. The van der Waals surface area contributed by atoms with Crippen LogP contribution in [0.4, 0.5) is 0 Å². The standard InChI is InChI=1S/C19H17NO2S/c1-11-14(10-16(21)22)17(12-6-3-2-4-7-12)18-13-8-5-9-15(13)23-19(18)20-11/h2-4,6-7H,5,8-10H2,1H3,(H,21,22). The summed E-state index contributed by atoms with van der Waals surface area (Å²) in [6, 6.07) is 10.1. The molecule has 4 heteroatoms. The minimum atomic E-state index is -0.807. The van der Waals surface area contributed by atoms with Gasteiger partial charge in [-0.2, -0.15) is 0 Å². The van der Waals surface area contributed by atoms with Crippen molar-refractivity contribution in [2.24, 2.45) is 0 Å². The highest BCUT2D eigenvalue weighted by Gasteiger charge is 2.25. The molecule has 0 unspecified atom stereocenters. The first kappa shape index (κ1) is 14.4. The molecule has 2 aromatic heterocycles. The van der Waals surface area contributed by atoms with Gasteiger partial charge in [0.15, 0.2) is 0 Å². The van der Waals surface area contributed by atoms with Crippen LogP contribution in [0.25, 0.3) is 21.3 Å². The Balaban J connectivity index is 2.11. The van der Waals surface area contributed by atoms with Crippen LogP contribution in [0.2, 0.25) is 0 Å². The van der Waals surface area contributed by atoms with Crippen LogP contribution in [0, 0.1) is 6.92 Å². The molecule has 0 spiro atoms. The molecule has 0 radical (unpaired) electrons. The smallest absolute Gasteiger partial charge is 0.307 e. The maximum absolute atomic E-state index is 11.4. The van der Waals surface area contributed by atoms with Crippen LogP contribution >= 0.6 is 11.3 Å². The number of benzene rings is 1. The van der Waals surface area contributed by atoms with Gasteiger partial charge in [0.2, 0.25) is 0 Å². The molecule has 23 heavy (non-hydrogen) atoms. The number of carbonyl (C=O) groups is 1. The Kier molecular flexibility index (Phi) is 3.42. The number of aromatic nitrogens is 1. The van der Waals surface area contributed by atoms with E-state index < -0.39 is 5.97 Å². The van der Waals surface area contributed by atoms with Crippen molar-refractivity contribution in [2.45, 2.75) is 32.6 Å². The summed E-state index contributed by atoms with van der Waals surface area (Å²) in [5.41, 5.74) is 5.24. The number of carboxylic acids is 1. The molecule has 0 aliphatic heterocycles. The molecule has 1 aromatic carbocycles. The highest BCUT2D eigenvalue weighted by atomic mass is 32.1.